The lowest BCUT2D eigenvalue weighted by atomic mass is 9.98. The molecule has 0 aliphatic rings. The molecule has 220 valence electrons. The van der Waals surface area contributed by atoms with Crippen LogP contribution in [0.4, 0.5) is 4.79 Å². The van der Waals surface area contributed by atoms with Crippen molar-refractivity contribution in [3.63, 3.8) is 0 Å². The van der Waals surface area contributed by atoms with E-state index in [9.17, 15) is 19.2 Å². The second-order valence-electron chi connectivity index (χ2n) is 10.8. The first-order chi connectivity index (χ1) is 18.4. The van der Waals surface area contributed by atoms with Crippen LogP contribution in [-0.4, -0.2) is 60.6 Å². The first-order valence-electron chi connectivity index (χ1n) is 14.2. The zero-order valence-corrected chi connectivity index (χ0v) is 25.0. The summed E-state index contributed by atoms with van der Waals surface area (Å²) < 4.78 is 10.2. The van der Waals surface area contributed by atoms with E-state index in [1.807, 2.05) is 32.0 Å². The summed E-state index contributed by atoms with van der Waals surface area (Å²) >= 11 is 0. The number of nitrogens with one attached hydrogen (secondary N) is 2. The molecule has 1 aromatic carbocycles. The van der Waals surface area contributed by atoms with Crippen LogP contribution in [0.1, 0.15) is 102 Å². The van der Waals surface area contributed by atoms with Gasteiger partial charge < -0.3 is 25.0 Å². The normalized spacial score (nSPS) is 11.9. The standard InChI is InChI=1S/C30H49N3O6/c1-8-10-11-12-13-14-19-33(25(34)21-32-29(37)39-30(5,6)7)27(24-16-15-22(3)23(4)20-24)28(36)31-18-17-26(35)38-9-2/h15-16,20,27H,8-14,17-19,21H2,1-7H3,(H,31,36)(H,32,37). The molecule has 0 aromatic heterocycles. The monoisotopic (exact) mass is 547 g/mol. The van der Waals surface area contributed by atoms with Gasteiger partial charge in [0.25, 0.3) is 0 Å². The summed E-state index contributed by atoms with van der Waals surface area (Å²) in [5.41, 5.74) is 2.03. The maximum atomic E-state index is 13.6. The molecule has 0 aliphatic carbocycles. The molecule has 0 radical (unpaired) electrons. The first kappa shape index (κ1) is 33.9. The summed E-state index contributed by atoms with van der Waals surface area (Å²) in [6.45, 7) is 13.5. The van der Waals surface area contributed by atoms with E-state index in [-0.39, 0.29) is 32.0 Å². The van der Waals surface area contributed by atoms with Crippen LogP contribution in [0.15, 0.2) is 18.2 Å². The molecule has 1 aromatic rings. The second kappa shape index (κ2) is 17.5. The van der Waals surface area contributed by atoms with Crippen LogP contribution in [-0.2, 0) is 23.9 Å². The third kappa shape index (κ3) is 13.5. The fourth-order valence-electron chi connectivity index (χ4n) is 4.05. The molecule has 3 amide bonds. The van der Waals surface area contributed by atoms with Crippen molar-refractivity contribution in [3.05, 3.63) is 34.9 Å². The van der Waals surface area contributed by atoms with Crippen molar-refractivity contribution in [2.75, 3.05) is 26.2 Å². The van der Waals surface area contributed by atoms with Gasteiger partial charge in [-0.3, -0.25) is 14.4 Å². The summed E-state index contributed by atoms with van der Waals surface area (Å²) in [6.07, 6.45) is 5.46. The van der Waals surface area contributed by atoms with E-state index in [1.54, 1.807) is 27.7 Å². The molecule has 0 saturated heterocycles. The Balaban J connectivity index is 3.19. The van der Waals surface area contributed by atoms with Crippen molar-refractivity contribution in [1.82, 2.24) is 15.5 Å². The van der Waals surface area contributed by atoms with E-state index in [0.29, 0.717) is 12.1 Å². The highest BCUT2D eigenvalue weighted by Gasteiger charge is 2.32. The molecule has 1 atom stereocenters. The molecule has 0 bridgehead atoms. The summed E-state index contributed by atoms with van der Waals surface area (Å²) in [7, 11) is 0. The molecule has 1 unspecified atom stereocenters. The van der Waals surface area contributed by atoms with Gasteiger partial charge in [-0.05, 0) is 64.7 Å². The third-order valence-electron chi connectivity index (χ3n) is 6.20. The molecular formula is C30H49N3O6. The number of aryl methyl sites for hydroxylation is 2. The minimum atomic E-state index is -0.921. The zero-order chi connectivity index (χ0) is 29.4. The molecule has 0 fully saturated rings. The number of alkyl carbamates (subject to hydrolysis) is 1. The summed E-state index contributed by atoms with van der Waals surface area (Å²) in [5, 5.41) is 5.34. The highest BCUT2D eigenvalue weighted by molar-refractivity contribution is 5.90. The van der Waals surface area contributed by atoms with Crippen molar-refractivity contribution in [1.29, 1.82) is 0 Å². The van der Waals surface area contributed by atoms with E-state index >= 15 is 0 Å². The molecule has 0 aliphatic heterocycles. The summed E-state index contributed by atoms with van der Waals surface area (Å²) in [5.74, 6) is -1.18. The Morgan fingerprint density at radius 2 is 1.59 bits per heavy atom. The van der Waals surface area contributed by atoms with Gasteiger partial charge in [0.2, 0.25) is 11.8 Å². The number of unbranched alkanes of at least 4 members (excludes halogenated alkanes) is 5. The van der Waals surface area contributed by atoms with E-state index in [2.05, 4.69) is 17.6 Å². The van der Waals surface area contributed by atoms with Crippen molar-refractivity contribution in [2.24, 2.45) is 0 Å². The number of esters is 1. The number of benzene rings is 1. The van der Waals surface area contributed by atoms with Crippen LogP contribution in [0.25, 0.3) is 0 Å². The topological polar surface area (TPSA) is 114 Å². The Hall–Kier alpha value is -3.10. The second-order valence-corrected chi connectivity index (χ2v) is 10.8. The Bertz CT molecular complexity index is 941. The average Bonchev–Trinajstić information content (AvgIpc) is 2.85. The Labute approximate surface area is 234 Å². The van der Waals surface area contributed by atoms with Gasteiger partial charge in [-0.2, -0.15) is 0 Å². The third-order valence-corrected chi connectivity index (χ3v) is 6.20. The molecular weight excluding hydrogens is 498 g/mol. The van der Waals surface area contributed by atoms with Crippen LogP contribution in [0.2, 0.25) is 0 Å². The number of amides is 3. The van der Waals surface area contributed by atoms with Gasteiger partial charge >= 0.3 is 12.1 Å². The fourth-order valence-corrected chi connectivity index (χ4v) is 4.05. The number of nitrogens with zero attached hydrogens (tertiary/aromatic N) is 1. The first-order valence-corrected chi connectivity index (χ1v) is 14.2. The molecule has 0 saturated carbocycles. The molecule has 2 N–H and O–H groups in total. The number of hydrogen-bond acceptors (Lipinski definition) is 6. The lowest BCUT2D eigenvalue weighted by Gasteiger charge is -2.32. The molecule has 9 heteroatoms. The van der Waals surface area contributed by atoms with Crippen molar-refractivity contribution in [2.45, 2.75) is 105 Å². The number of hydrogen-bond donors (Lipinski definition) is 2. The highest BCUT2D eigenvalue weighted by atomic mass is 16.6. The van der Waals surface area contributed by atoms with E-state index in [4.69, 9.17) is 9.47 Å². The van der Waals surface area contributed by atoms with Gasteiger partial charge in [-0.1, -0.05) is 57.2 Å². The predicted molar refractivity (Wildman–Crippen MR) is 152 cm³/mol. The fraction of sp³-hybridized carbons (Fsp3) is 0.667. The largest absolute Gasteiger partial charge is 0.466 e. The lowest BCUT2D eigenvalue weighted by Crippen LogP contribution is -2.48. The average molecular weight is 548 g/mol. The summed E-state index contributed by atoms with van der Waals surface area (Å²) in [6, 6.07) is 4.76. The van der Waals surface area contributed by atoms with Crippen molar-refractivity contribution >= 4 is 23.9 Å². The molecule has 39 heavy (non-hydrogen) atoms. The number of rotatable bonds is 16. The van der Waals surface area contributed by atoms with Gasteiger partial charge in [0, 0.05) is 13.1 Å². The lowest BCUT2D eigenvalue weighted by molar-refractivity contribution is -0.143. The number of carbonyl (C=O) groups is 4. The number of ether oxygens (including phenoxy) is 2. The van der Waals surface area contributed by atoms with Gasteiger partial charge in [0.15, 0.2) is 0 Å². The van der Waals surface area contributed by atoms with Gasteiger partial charge in [-0.25, -0.2) is 4.79 Å². The quantitative estimate of drug-likeness (QED) is 0.219. The Morgan fingerprint density at radius 1 is 0.923 bits per heavy atom. The van der Waals surface area contributed by atoms with Crippen LogP contribution < -0.4 is 10.6 Å². The van der Waals surface area contributed by atoms with E-state index in [1.165, 1.54) is 4.90 Å². The minimum absolute atomic E-state index is 0.0325. The van der Waals surface area contributed by atoms with Crippen molar-refractivity contribution < 1.29 is 28.7 Å². The highest BCUT2D eigenvalue weighted by Crippen LogP contribution is 2.25. The minimum Gasteiger partial charge on any atom is -0.466 e. The van der Waals surface area contributed by atoms with Gasteiger partial charge in [0.1, 0.15) is 18.2 Å². The zero-order valence-electron chi connectivity index (χ0n) is 25.0. The Morgan fingerprint density at radius 3 is 2.21 bits per heavy atom. The molecule has 0 spiro atoms. The van der Waals surface area contributed by atoms with E-state index in [0.717, 1.165) is 49.7 Å². The van der Waals surface area contributed by atoms with Gasteiger partial charge in [-0.15, -0.1) is 0 Å². The predicted octanol–water partition coefficient (Wildman–Crippen LogP) is 5.13. The molecule has 9 nitrogen and oxygen atoms in total. The van der Waals surface area contributed by atoms with Crippen LogP contribution >= 0.6 is 0 Å². The van der Waals surface area contributed by atoms with E-state index < -0.39 is 29.6 Å². The van der Waals surface area contributed by atoms with Gasteiger partial charge in [0.05, 0.1) is 13.0 Å². The smallest absolute Gasteiger partial charge is 0.408 e. The Kier molecular flexibility index (Phi) is 15.2. The maximum absolute atomic E-state index is 13.6. The molecule has 1 rings (SSSR count). The van der Waals surface area contributed by atoms with Crippen molar-refractivity contribution in [3.8, 4) is 0 Å². The van der Waals surface area contributed by atoms with Crippen LogP contribution in [0.5, 0.6) is 0 Å². The molecule has 0 heterocycles. The SMILES string of the molecule is CCCCCCCCN(C(=O)CNC(=O)OC(C)(C)C)C(C(=O)NCCC(=O)OCC)c1ccc(C)c(C)c1. The van der Waals surface area contributed by atoms with Crippen LogP contribution in [0, 0.1) is 13.8 Å². The maximum Gasteiger partial charge on any atom is 0.408 e. The number of carbonyl (C=O) groups excluding carboxylic acids is 4. The summed E-state index contributed by atoms with van der Waals surface area (Å²) in [4.78, 5) is 52.6. The van der Waals surface area contributed by atoms with Crippen LogP contribution in [0.3, 0.4) is 0 Å².